The Morgan fingerprint density at radius 3 is 2.79 bits per heavy atom. The lowest BCUT2D eigenvalue weighted by molar-refractivity contribution is 0.142. The fourth-order valence-corrected chi connectivity index (χ4v) is 3.05. The first-order chi connectivity index (χ1) is 11.7. The van der Waals surface area contributed by atoms with Crippen molar-refractivity contribution in [3.63, 3.8) is 0 Å². The maximum absolute atomic E-state index is 10.3. The zero-order chi connectivity index (χ0) is 16.8. The zero-order valence-corrected chi connectivity index (χ0v) is 13.9. The molecule has 0 spiro atoms. The summed E-state index contributed by atoms with van der Waals surface area (Å²) in [5.74, 6) is 1.08. The van der Waals surface area contributed by atoms with Crippen LogP contribution < -0.4 is 4.74 Å². The second kappa shape index (κ2) is 8.04. The number of likely N-dealkylation sites (tertiary alicyclic amines) is 1. The highest BCUT2D eigenvalue weighted by molar-refractivity contribution is 5.50. The van der Waals surface area contributed by atoms with E-state index in [1.165, 1.54) is 0 Å². The molecule has 1 N–H and O–H groups in total. The Bertz CT molecular complexity index is 658. The third-order valence-electron chi connectivity index (χ3n) is 4.36. The molecule has 3 rings (SSSR count). The molecule has 126 valence electrons. The fraction of sp³-hybridized carbons (Fsp3) is 0.368. The summed E-state index contributed by atoms with van der Waals surface area (Å²) in [4.78, 5) is 10.7. The molecular formula is C19H23N3O2. The number of benzene rings is 1. The standard InChI is InChI=1S/C19H23N3O2/c1-24-18-6-4-15(5-7-18)3-2-10-22-13-16(19(23)14-22)11-17-12-20-8-9-21-17/h2-9,12,16,19,23H,10-11,13-14H2,1H3/t16-,19-/m1/s1. The first-order valence-corrected chi connectivity index (χ1v) is 8.20. The number of aromatic nitrogens is 2. The molecule has 5 nitrogen and oxygen atoms in total. The van der Waals surface area contributed by atoms with Crippen molar-refractivity contribution in [2.45, 2.75) is 12.5 Å². The molecule has 0 bridgehead atoms. The molecule has 1 aromatic carbocycles. The van der Waals surface area contributed by atoms with Crippen molar-refractivity contribution in [3.8, 4) is 5.75 Å². The van der Waals surface area contributed by atoms with Gasteiger partial charge in [-0.25, -0.2) is 0 Å². The van der Waals surface area contributed by atoms with Gasteiger partial charge in [0.2, 0.25) is 0 Å². The van der Waals surface area contributed by atoms with Crippen molar-refractivity contribution in [2.75, 3.05) is 26.7 Å². The highest BCUT2D eigenvalue weighted by Crippen LogP contribution is 2.20. The molecule has 2 aromatic rings. The molecule has 0 amide bonds. The molecule has 5 heteroatoms. The number of β-amino-alcohol motifs (C(OH)–C–C–N with tert-alkyl or cyclic N) is 1. The number of hydrogen-bond donors (Lipinski definition) is 1. The minimum absolute atomic E-state index is 0.219. The van der Waals surface area contributed by atoms with Crippen molar-refractivity contribution >= 4 is 6.08 Å². The number of aliphatic hydroxyl groups is 1. The van der Waals surface area contributed by atoms with Crippen LogP contribution in [-0.2, 0) is 6.42 Å². The fourth-order valence-electron chi connectivity index (χ4n) is 3.05. The summed E-state index contributed by atoms with van der Waals surface area (Å²) in [6.45, 7) is 2.42. The second-order valence-corrected chi connectivity index (χ2v) is 6.12. The van der Waals surface area contributed by atoms with Crippen LogP contribution in [0.2, 0.25) is 0 Å². The van der Waals surface area contributed by atoms with Gasteiger partial charge in [-0.3, -0.25) is 14.9 Å². The van der Waals surface area contributed by atoms with Crippen LogP contribution >= 0.6 is 0 Å². The first-order valence-electron chi connectivity index (χ1n) is 8.20. The van der Waals surface area contributed by atoms with Gasteiger partial charge in [0, 0.05) is 44.1 Å². The molecule has 0 saturated carbocycles. The number of aliphatic hydroxyl groups excluding tert-OH is 1. The maximum atomic E-state index is 10.3. The molecule has 0 radical (unpaired) electrons. The molecule has 2 heterocycles. The predicted octanol–water partition coefficient (Wildman–Crippen LogP) is 2.03. The molecule has 1 aliphatic rings. The van der Waals surface area contributed by atoms with Crippen LogP contribution in [0.1, 0.15) is 11.3 Å². The van der Waals surface area contributed by atoms with Crippen LogP contribution in [0.5, 0.6) is 5.75 Å². The van der Waals surface area contributed by atoms with Crippen molar-refractivity contribution in [1.29, 1.82) is 0 Å². The van der Waals surface area contributed by atoms with Gasteiger partial charge in [-0.1, -0.05) is 24.3 Å². The number of nitrogens with zero attached hydrogens (tertiary/aromatic N) is 3. The van der Waals surface area contributed by atoms with Crippen molar-refractivity contribution in [2.24, 2.45) is 5.92 Å². The Morgan fingerprint density at radius 2 is 2.08 bits per heavy atom. The van der Waals surface area contributed by atoms with Gasteiger partial charge in [0.25, 0.3) is 0 Å². The van der Waals surface area contributed by atoms with Gasteiger partial charge < -0.3 is 9.84 Å². The molecular weight excluding hydrogens is 302 g/mol. The molecule has 1 aromatic heterocycles. The van der Waals surface area contributed by atoms with Gasteiger partial charge in [0.15, 0.2) is 0 Å². The van der Waals surface area contributed by atoms with Crippen LogP contribution in [0.15, 0.2) is 48.9 Å². The molecule has 0 aliphatic carbocycles. The smallest absolute Gasteiger partial charge is 0.118 e. The van der Waals surface area contributed by atoms with Crippen molar-refractivity contribution in [3.05, 3.63) is 60.2 Å². The largest absolute Gasteiger partial charge is 0.497 e. The topological polar surface area (TPSA) is 58.5 Å². The van der Waals surface area contributed by atoms with Crippen molar-refractivity contribution < 1.29 is 9.84 Å². The summed E-state index contributed by atoms with van der Waals surface area (Å²) in [5, 5.41) is 10.3. The lowest BCUT2D eigenvalue weighted by Gasteiger charge is -2.13. The average Bonchev–Trinajstić information content (AvgIpc) is 2.96. The lowest BCUT2D eigenvalue weighted by atomic mass is 10.0. The van der Waals surface area contributed by atoms with Gasteiger partial charge in [-0.15, -0.1) is 0 Å². The highest BCUT2D eigenvalue weighted by Gasteiger charge is 2.30. The van der Waals surface area contributed by atoms with E-state index in [1.54, 1.807) is 25.7 Å². The Labute approximate surface area is 142 Å². The van der Waals surface area contributed by atoms with Crippen LogP contribution in [0.4, 0.5) is 0 Å². The Hall–Kier alpha value is -2.24. The van der Waals surface area contributed by atoms with Gasteiger partial charge in [-0.05, 0) is 24.1 Å². The first kappa shape index (κ1) is 16.6. The van der Waals surface area contributed by atoms with Crippen molar-refractivity contribution in [1.82, 2.24) is 14.9 Å². The van der Waals surface area contributed by atoms with Gasteiger partial charge in [-0.2, -0.15) is 0 Å². The third kappa shape index (κ3) is 4.40. The van der Waals surface area contributed by atoms with Crippen LogP contribution in [-0.4, -0.2) is 52.8 Å². The lowest BCUT2D eigenvalue weighted by Crippen LogP contribution is -2.21. The molecule has 0 unspecified atom stereocenters. The quantitative estimate of drug-likeness (QED) is 0.881. The monoisotopic (exact) mass is 325 g/mol. The van der Waals surface area contributed by atoms with E-state index < -0.39 is 0 Å². The SMILES string of the molecule is COc1ccc(C=CCN2C[C@@H](Cc3cnccn3)[C@H](O)C2)cc1. The number of hydrogen-bond acceptors (Lipinski definition) is 5. The van der Waals surface area contributed by atoms with Gasteiger partial charge in [0.05, 0.1) is 18.9 Å². The summed E-state index contributed by atoms with van der Waals surface area (Å²) in [5.41, 5.74) is 2.09. The van der Waals surface area contributed by atoms with Crippen LogP contribution in [0.25, 0.3) is 6.08 Å². The van der Waals surface area contributed by atoms with Gasteiger partial charge in [0.1, 0.15) is 5.75 Å². The Balaban J connectivity index is 1.50. The summed E-state index contributed by atoms with van der Waals surface area (Å²) in [6.07, 6.45) is 9.85. The molecule has 1 saturated heterocycles. The predicted molar refractivity (Wildman–Crippen MR) is 93.7 cm³/mol. The highest BCUT2D eigenvalue weighted by atomic mass is 16.5. The zero-order valence-electron chi connectivity index (χ0n) is 13.9. The number of rotatable bonds is 6. The molecule has 1 aliphatic heterocycles. The van der Waals surface area contributed by atoms with E-state index in [0.717, 1.165) is 36.5 Å². The summed E-state index contributed by atoms with van der Waals surface area (Å²) >= 11 is 0. The summed E-state index contributed by atoms with van der Waals surface area (Å²) < 4.78 is 5.16. The number of methoxy groups -OCH3 is 1. The minimum atomic E-state index is -0.304. The van der Waals surface area contributed by atoms with E-state index in [-0.39, 0.29) is 12.0 Å². The van der Waals surface area contributed by atoms with E-state index in [1.807, 2.05) is 24.3 Å². The van der Waals surface area contributed by atoms with Gasteiger partial charge >= 0.3 is 0 Å². The van der Waals surface area contributed by atoms with Crippen LogP contribution in [0, 0.1) is 5.92 Å². The van der Waals surface area contributed by atoms with E-state index in [0.29, 0.717) is 6.54 Å². The van der Waals surface area contributed by atoms with Crippen LogP contribution in [0.3, 0.4) is 0 Å². The average molecular weight is 325 g/mol. The third-order valence-corrected chi connectivity index (χ3v) is 4.36. The maximum Gasteiger partial charge on any atom is 0.118 e. The van der Waals surface area contributed by atoms with E-state index in [2.05, 4.69) is 27.0 Å². The molecule has 2 atom stereocenters. The number of ether oxygens (including phenoxy) is 1. The Kier molecular flexibility index (Phi) is 5.56. The van der Waals surface area contributed by atoms with E-state index in [4.69, 9.17) is 4.74 Å². The molecule has 24 heavy (non-hydrogen) atoms. The Morgan fingerprint density at radius 1 is 1.25 bits per heavy atom. The summed E-state index contributed by atoms with van der Waals surface area (Å²) in [7, 11) is 1.67. The molecule has 1 fully saturated rings. The summed E-state index contributed by atoms with van der Waals surface area (Å²) in [6, 6.07) is 7.97. The van der Waals surface area contributed by atoms with E-state index in [9.17, 15) is 5.11 Å². The normalized spacial score (nSPS) is 21.4. The van der Waals surface area contributed by atoms with E-state index >= 15 is 0 Å². The second-order valence-electron chi connectivity index (χ2n) is 6.12. The minimum Gasteiger partial charge on any atom is -0.497 e.